The second-order valence-corrected chi connectivity index (χ2v) is 7.80. The topological polar surface area (TPSA) is 24.5 Å². The Morgan fingerprint density at radius 1 is 0.862 bits per heavy atom. The van der Waals surface area contributed by atoms with E-state index in [1.165, 1.54) is 22.3 Å². The van der Waals surface area contributed by atoms with Crippen molar-refractivity contribution in [2.24, 2.45) is 0 Å². The van der Waals surface area contributed by atoms with Crippen molar-refractivity contribution in [3.63, 3.8) is 0 Å². The van der Waals surface area contributed by atoms with E-state index >= 15 is 0 Å². The molecular weight excluding hydrogens is 356 g/mol. The molecule has 0 aliphatic carbocycles. The number of hydrogen-bond donors (Lipinski definition) is 1. The number of para-hydroxylation sites is 1. The van der Waals surface area contributed by atoms with Crippen molar-refractivity contribution in [2.45, 2.75) is 25.9 Å². The molecule has 0 heterocycles. The Hall–Kier alpha value is -2.62. The van der Waals surface area contributed by atoms with E-state index in [0.717, 1.165) is 30.8 Å². The molecule has 0 spiro atoms. The van der Waals surface area contributed by atoms with Crippen LogP contribution in [0.2, 0.25) is 0 Å². The van der Waals surface area contributed by atoms with E-state index in [9.17, 15) is 0 Å². The molecule has 1 atom stereocenters. The molecule has 3 aromatic carbocycles. The summed E-state index contributed by atoms with van der Waals surface area (Å²) in [6.45, 7) is 4.17. The molecule has 0 aromatic heterocycles. The molecule has 1 N–H and O–H groups in total. The number of benzene rings is 3. The van der Waals surface area contributed by atoms with Crippen molar-refractivity contribution in [3.8, 4) is 16.9 Å². The van der Waals surface area contributed by atoms with E-state index in [0.29, 0.717) is 6.04 Å². The highest BCUT2D eigenvalue weighted by Gasteiger charge is 2.08. The van der Waals surface area contributed by atoms with Crippen LogP contribution in [0.5, 0.6) is 5.75 Å². The molecule has 1 unspecified atom stereocenters. The average molecular weight is 389 g/mol. The first-order chi connectivity index (χ1) is 14.1. The summed E-state index contributed by atoms with van der Waals surface area (Å²) in [6, 6.07) is 26.2. The zero-order chi connectivity index (χ0) is 20.6. The van der Waals surface area contributed by atoms with Gasteiger partial charge < -0.3 is 15.0 Å². The van der Waals surface area contributed by atoms with Crippen LogP contribution in [0.4, 0.5) is 0 Å². The highest BCUT2D eigenvalue weighted by Crippen LogP contribution is 2.30. The largest absolute Gasteiger partial charge is 0.496 e. The summed E-state index contributed by atoms with van der Waals surface area (Å²) in [5.74, 6) is 0.906. The van der Waals surface area contributed by atoms with E-state index in [-0.39, 0.29) is 0 Å². The van der Waals surface area contributed by atoms with Crippen molar-refractivity contribution in [1.29, 1.82) is 0 Å². The molecule has 29 heavy (non-hydrogen) atoms. The summed E-state index contributed by atoms with van der Waals surface area (Å²) in [4.78, 5) is 2.19. The molecule has 0 radical (unpaired) electrons. The molecule has 3 nitrogen and oxygen atoms in total. The SMILES string of the molecule is COc1ccccc1-c1ccc(C(C)NCCc2ccc(CN(C)C)cc2)cc1. The van der Waals surface area contributed by atoms with Gasteiger partial charge in [-0.25, -0.2) is 0 Å². The molecule has 0 saturated heterocycles. The van der Waals surface area contributed by atoms with Gasteiger partial charge in [-0.05, 0) is 62.3 Å². The Morgan fingerprint density at radius 3 is 2.17 bits per heavy atom. The third-order valence-electron chi connectivity index (χ3n) is 5.21. The maximum atomic E-state index is 5.48. The van der Waals surface area contributed by atoms with Gasteiger partial charge in [-0.1, -0.05) is 66.7 Å². The van der Waals surface area contributed by atoms with Gasteiger partial charge in [-0.15, -0.1) is 0 Å². The molecule has 0 aliphatic rings. The van der Waals surface area contributed by atoms with Crippen molar-refractivity contribution in [1.82, 2.24) is 10.2 Å². The molecular formula is C26H32N2O. The quantitative estimate of drug-likeness (QED) is 0.537. The number of ether oxygens (including phenoxy) is 1. The first-order valence-corrected chi connectivity index (χ1v) is 10.3. The Kier molecular flexibility index (Phi) is 7.45. The maximum absolute atomic E-state index is 5.48. The first-order valence-electron chi connectivity index (χ1n) is 10.3. The Bertz CT molecular complexity index is 885. The van der Waals surface area contributed by atoms with E-state index in [2.05, 4.69) is 85.8 Å². The van der Waals surface area contributed by atoms with Gasteiger partial charge in [0, 0.05) is 18.2 Å². The summed E-state index contributed by atoms with van der Waals surface area (Å²) < 4.78 is 5.48. The molecule has 0 bridgehead atoms. The lowest BCUT2D eigenvalue weighted by Crippen LogP contribution is -2.21. The average Bonchev–Trinajstić information content (AvgIpc) is 2.74. The number of hydrogen-bond acceptors (Lipinski definition) is 3. The summed E-state index contributed by atoms with van der Waals surface area (Å²) in [6.07, 6.45) is 1.03. The summed E-state index contributed by atoms with van der Waals surface area (Å²) >= 11 is 0. The summed E-state index contributed by atoms with van der Waals surface area (Å²) in [7, 11) is 5.92. The zero-order valence-corrected chi connectivity index (χ0v) is 18.0. The minimum atomic E-state index is 0.315. The predicted octanol–water partition coefficient (Wildman–Crippen LogP) is 5.32. The number of methoxy groups -OCH3 is 1. The van der Waals surface area contributed by atoms with Gasteiger partial charge in [0.05, 0.1) is 7.11 Å². The lowest BCUT2D eigenvalue weighted by Gasteiger charge is -2.16. The molecule has 152 valence electrons. The van der Waals surface area contributed by atoms with E-state index in [1.54, 1.807) is 7.11 Å². The third-order valence-corrected chi connectivity index (χ3v) is 5.21. The van der Waals surface area contributed by atoms with Gasteiger partial charge in [-0.2, -0.15) is 0 Å². The van der Waals surface area contributed by atoms with Crippen LogP contribution in [0.1, 0.15) is 29.7 Å². The van der Waals surface area contributed by atoms with Crippen LogP contribution >= 0.6 is 0 Å². The van der Waals surface area contributed by atoms with Crippen LogP contribution in [0.25, 0.3) is 11.1 Å². The minimum Gasteiger partial charge on any atom is -0.496 e. The van der Waals surface area contributed by atoms with Gasteiger partial charge in [0.15, 0.2) is 0 Å². The van der Waals surface area contributed by atoms with Gasteiger partial charge in [-0.3, -0.25) is 0 Å². The molecule has 0 saturated carbocycles. The Balaban J connectivity index is 1.54. The molecule has 3 aromatic rings. The van der Waals surface area contributed by atoms with E-state index in [4.69, 9.17) is 4.74 Å². The fourth-order valence-electron chi connectivity index (χ4n) is 3.56. The first kappa shape index (κ1) is 21.1. The zero-order valence-electron chi connectivity index (χ0n) is 18.0. The standard InChI is InChI=1S/C26H32N2O/c1-20(27-18-17-21-9-11-22(12-10-21)19-28(2)3)23-13-15-24(16-14-23)25-7-5-6-8-26(25)29-4/h5-16,20,27H,17-19H2,1-4H3. The monoisotopic (exact) mass is 388 g/mol. The smallest absolute Gasteiger partial charge is 0.126 e. The summed E-state index contributed by atoms with van der Waals surface area (Å²) in [5.41, 5.74) is 6.33. The fourth-order valence-corrected chi connectivity index (χ4v) is 3.56. The van der Waals surface area contributed by atoms with Crippen LogP contribution in [0.15, 0.2) is 72.8 Å². The van der Waals surface area contributed by atoms with Crippen LogP contribution in [-0.2, 0) is 13.0 Å². The van der Waals surface area contributed by atoms with Gasteiger partial charge in [0.25, 0.3) is 0 Å². The lowest BCUT2D eigenvalue weighted by molar-refractivity contribution is 0.402. The van der Waals surface area contributed by atoms with Crippen molar-refractivity contribution < 1.29 is 4.74 Å². The molecule has 3 rings (SSSR count). The highest BCUT2D eigenvalue weighted by atomic mass is 16.5. The van der Waals surface area contributed by atoms with E-state index in [1.807, 2.05) is 18.2 Å². The second-order valence-electron chi connectivity index (χ2n) is 7.80. The normalized spacial score (nSPS) is 12.2. The van der Waals surface area contributed by atoms with Gasteiger partial charge in [0.2, 0.25) is 0 Å². The van der Waals surface area contributed by atoms with Crippen molar-refractivity contribution in [2.75, 3.05) is 27.7 Å². The van der Waals surface area contributed by atoms with Crippen molar-refractivity contribution >= 4 is 0 Å². The van der Waals surface area contributed by atoms with Gasteiger partial charge in [0.1, 0.15) is 5.75 Å². The molecule has 0 aliphatic heterocycles. The van der Waals surface area contributed by atoms with Crippen LogP contribution < -0.4 is 10.1 Å². The van der Waals surface area contributed by atoms with E-state index < -0.39 is 0 Å². The van der Waals surface area contributed by atoms with Crippen LogP contribution in [-0.4, -0.2) is 32.6 Å². The van der Waals surface area contributed by atoms with Gasteiger partial charge >= 0.3 is 0 Å². The number of nitrogens with zero attached hydrogens (tertiary/aromatic N) is 1. The maximum Gasteiger partial charge on any atom is 0.126 e. The lowest BCUT2D eigenvalue weighted by atomic mass is 10.0. The molecule has 3 heteroatoms. The molecule has 0 amide bonds. The number of rotatable bonds is 9. The Labute approximate surface area is 175 Å². The summed E-state index contributed by atoms with van der Waals surface area (Å²) in [5, 5.41) is 3.64. The second kappa shape index (κ2) is 10.2. The fraction of sp³-hybridized carbons (Fsp3) is 0.308. The number of nitrogens with one attached hydrogen (secondary N) is 1. The van der Waals surface area contributed by atoms with Crippen LogP contribution in [0.3, 0.4) is 0 Å². The molecule has 0 fully saturated rings. The minimum absolute atomic E-state index is 0.315. The predicted molar refractivity (Wildman–Crippen MR) is 122 cm³/mol. The third kappa shape index (κ3) is 5.93. The van der Waals surface area contributed by atoms with Crippen LogP contribution in [0, 0.1) is 0 Å². The Morgan fingerprint density at radius 2 is 1.52 bits per heavy atom. The highest BCUT2D eigenvalue weighted by molar-refractivity contribution is 5.70. The van der Waals surface area contributed by atoms with Crippen molar-refractivity contribution in [3.05, 3.63) is 89.5 Å².